The Labute approximate surface area is 196 Å². The van der Waals surface area contributed by atoms with Crippen LogP contribution in [0.5, 0.6) is 5.88 Å². The quantitative estimate of drug-likeness (QED) is 0.488. The van der Waals surface area contributed by atoms with Crippen LogP contribution in [-0.4, -0.2) is 37.3 Å². The van der Waals surface area contributed by atoms with E-state index >= 15 is 0 Å². The minimum atomic E-state index is -1.18. The van der Waals surface area contributed by atoms with Gasteiger partial charge in [-0.2, -0.15) is 0 Å². The van der Waals surface area contributed by atoms with Gasteiger partial charge in [0, 0.05) is 13.5 Å². The molecule has 0 saturated carbocycles. The average molecular weight is 472 g/mol. The Balaban J connectivity index is 1.84. The highest BCUT2D eigenvalue weighted by Crippen LogP contribution is 2.26. The number of carbonyl (C=O) groups excluding carboxylic acids is 1. The highest BCUT2D eigenvalue weighted by molar-refractivity contribution is 6.34. The summed E-state index contributed by atoms with van der Waals surface area (Å²) in [4.78, 5) is 37.1. The molecule has 1 atom stereocenters. The summed E-state index contributed by atoms with van der Waals surface area (Å²) in [5.74, 6) is -1.93. The van der Waals surface area contributed by atoms with Gasteiger partial charge in [-0.25, -0.2) is 14.2 Å². The molecule has 0 aliphatic rings. The van der Waals surface area contributed by atoms with Crippen LogP contribution in [0.15, 0.2) is 47.3 Å². The number of nitrogens with zero attached hydrogens (tertiary/aromatic N) is 2. The number of rotatable bonds is 7. The molecule has 8 nitrogen and oxygen atoms in total. The molecule has 1 aromatic heterocycles. The van der Waals surface area contributed by atoms with E-state index in [9.17, 15) is 24.6 Å². The molecule has 2 aromatic carbocycles. The van der Waals surface area contributed by atoms with E-state index in [4.69, 9.17) is 11.6 Å². The first-order valence-corrected chi connectivity index (χ1v) is 10.8. The summed E-state index contributed by atoms with van der Waals surface area (Å²) in [6.07, 6.45) is 0.0256. The summed E-state index contributed by atoms with van der Waals surface area (Å²) in [5.41, 5.74) is 2.10. The van der Waals surface area contributed by atoms with Gasteiger partial charge in [0.1, 0.15) is 6.04 Å². The van der Waals surface area contributed by atoms with Gasteiger partial charge in [-0.05, 0) is 42.2 Å². The van der Waals surface area contributed by atoms with Crippen molar-refractivity contribution in [2.75, 3.05) is 0 Å². The molecule has 0 aliphatic heterocycles. The van der Waals surface area contributed by atoms with Crippen LogP contribution < -0.4 is 11.0 Å². The summed E-state index contributed by atoms with van der Waals surface area (Å²) >= 11 is 6.12. The van der Waals surface area contributed by atoms with Crippen molar-refractivity contribution in [2.24, 2.45) is 7.05 Å². The Morgan fingerprint density at radius 1 is 1.12 bits per heavy atom. The molecule has 9 heteroatoms. The van der Waals surface area contributed by atoms with E-state index in [0.717, 1.165) is 0 Å². The van der Waals surface area contributed by atoms with Gasteiger partial charge in [0.2, 0.25) is 5.88 Å². The van der Waals surface area contributed by atoms with Crippen LogP contribution in [0.2, 0.25) is 5.02 Å². The van der Waals surface area contributed by atoms with Gasteiger partial charge >= 0.3 is 11.7 Å². The normalized spacial score (nSPS) is 12.1. The molecule has 3 aromatic rings. The molecule has 0 aliphatic carbocycles. The number of imidazole rings is 1. The minimum Gasteiger partial charge on any atom is -0.493 e. The fourth-order valence-corrected chi connectivity index (χ4v) is 4.16. The second kappa shape index (κ2) is 9.54. The summed E-state index contributed by atoms with van der Waals surface area (Å²) in [6, 6.07) is 10.4. The lowest BCUT2D eigenvalue weighted by Crippen LogP contribution is -2.42. The Kier molecular flexibility index (Phi) is 6.98. The van der Waals surface area contributed by atoms with Crippen LogP contribution in [0.25, 0.3) is 5.69 Å². The minimum absolute atomic E-state index is 0.0256. The van der Waals surface area contributed by atoms with Crippen molar-refractivity contribution < 1.29 is 19.8 Å². The van der Waals surface area contributed by atoms with E-state index in [1.807, 2.05) is 13.8 Å². The highest BCUT2D eigenvalue weighted by atomic mass is 35.5. The molecular weight excluding hydrogens is 446 g/mol. The maximum Gasteiger partial charge on any atom is 0.335 e. The molecule has 3 rings (SSSR count). The van der Waals surface area contributed by atoms with Crippen LogP contribution in [0, 0.1) is 6.92 Å². The van der Waals surface area contributed by atoms with Crippen molar-refractivity contribution in [1.82, 2.24) is 14.5 Å². The molecule has 1 amide bonds. The predicted octanol–water partition coefficient (Wildman–Crippen LogP) is 3.39. The molecule has 33 heavy (non-hydrogen) atoms. The van der Waals surface area contributed by atoms with Crippen LogP contribution in [0.3, 0.4) is 0 Å². The van der Waals surface area contributed by atoms with Crippen LogP contribution in [-0.2, 0) is 18.3 Å². The molecular formula is C24H26ClN3O5. The SMILES string of the molecule is Cc1cccc(Cl)c1C(=O)NC(Cc1ccc(-n2c(O)c(C(C)C)n(C)c2=O)cc1)C(=O)O. The number of aryl methyl sites for hydroxylation is 1. The van der Waals surface area contributed by atoms with E-state index in [2.05, 4.69) is 5.32 Å². The number of hydrogen-bond acceptors (Lipinski definition) is 4. The molecule has 0 saturated heterocycles. The van der Waals surface area contributed by atoms with Crippen LogP contribution in [0.1, 0.15) is 46.9 Å². The number of aromatic nitrogens is 2. The van der Waals surface area contributed by atoms with Crippen molar-refractivity contribution in [1.29, 1.82) is 0 Å². The molecule has 1 unspecified atom stereocenters. The van der Waals surface area contributed by atoms with E-state index in [1.165, 1.54) is 9.13 Å². The Morgan fingerprint density at radius 3 is 2.27 bits per heavy atom. The lowest BCUT2D eigenvalue weighted by atomic mass is 10.0. The van der Waals surface area contributed by atoms with Crippen molar-refractivity contribution in [3.05, 3.63) is 80.4 Å². The standard InChI is InChI=1S/C24H26ClN3O5/c1-13(2)20-22(30)28(24(33)27(20)4)16-10-8-15(9-11-16)12-18(23(31)32)26-21(29)19-14(3)6-5-7-17(19)25/h5-11,13,18,30H,12H2,1-4H3,(H,26,29)(H,31,32). The molecule has 174 valence electrons. The van der Waals surface area contributed by atoms with Crippen molar-refractivity contribution in [2.45, 2.75) is 39.2 Å². The second-order valence-corrected chi connectivity index (χ2v) is 8.61. The molecule has 0 bridgehead atoms. The van der Waals surface area contributed by atoms with Crippen molar-refractivity contribution >= 4 is 23.5 Å². The fraction of sp³-hybridized carbons (Fsp3) is 0.292. The van der Waals surface area contributed by atoms with Gasteiger partial charge in [-0.15, -0.1) is 0 Å². The Morgan fingerprint density at radius 2 is 1.76 bits per heavy atom. The molecule has 1 heterocycles. The zero-order chi connectivity index (χ0) is 24.4. The van der Waals surface area contributed by atoms with Gasteiger partial charge in [-0.3, -0.25) is 9.36 Å². The van der Waals surface area contributed by atoms with E-state index in [-0.39, 0.29) is 34.5 Å². The number of hydrogen-bond donors (Lipinski definition) is 3. The summed E-state index contributed by atoms with van der Waals surface area (Å²) in [5, 5.41) is 23.0. The predicted molar refractivity (Wildman–Crippen MR) is 126 cm³/mol. The van der Waals surface area contributed by atoms with Gasteiger partial charge in [0.05, 0.1) is 22.0 Å². The number of aromatic hydroxyl groups is 1. The summed E-state index contributed by atoms with van der Waals surface area (Å²) < 4.78 is 2.61. The summed E-state index contributed by atoms with van der Waals surface area (Å²) in [6.45, 7) is 5.49. The first-order chi connectivity index (χ1) is 15.5. The second-order valence-electron chi connectivity index (χ2n) is 8.21. The molecule has 3 N–H and O–H groups in total. The van der Waals surface area contributed by atoms with Gasteiger partial charge in [-0.1, -0.05) is 49.7 Å². The number of carboxylic acid groups (broad SMARTS) is 1. The van der Waals surface area contributed by atoms with E-state index in [1.54, 1.807) is 56.4 Å². The molecule has 0 spiro atoms. The van der Waals surface area contributed by atoms with Crippen LogP contribution in [0.4, 0.5) is 0 Å². The Bertz CT molecular complexity index is 1240. The number of benzene rings is 2. The average Bonchev–Trinajstić information content (AvgIpc) is 2.96. The van der Waals surface area contributed by atoms with Gasteiger partial charge in [0.25, 0.3) is 5.91 Å². The van der Waals surface area contributed by atoms with Crippen molar-refractivity contribution in [3.63, 3.8) is 0 Å². The number of halogens is 1. The molecule has 0 fully saturated rings. The topological polar surface area (TPSA) is 114 Å². The number of amides is 1. The third-order valence-electron chi connectivity index (χ3n) is 5.51. The van der Waals surface area contributed by atoms with Gasteiger partial charge < -0.3 is 15.5 Å². The number of carboxylic acids is 1. The number of aliphatic carboxylic acids is 1. The third-order valence-corrected chi connectivity index (χ3v) is 5.83. The highest BCUT2D eigenvalue weighted by Gasteiger charge is 2.24. The number of carbonyl (C=O) groups is 2. The smallest absolute Gasteiger partial charge is 0.335 e. The number of nitrogens with one attached hydrogen (secondary N) is 1. The monoisotopic (exact) mass is 471 g/mol. The van der Waals surface area contributed by atoms with E-state index in [0.29, 0.717) is 22.5 Å². The lowest BCUT2D eigenvalue weighted by molar-refractivity contribution is -0.139. The lowest BCUT2D eigenvalue weighted by Gasteiger charge is -2.16. The maximum absolute atomic E-state index is 12.7. The van der Waals surface area contributed by atoms with Crippen molar-refractivity contribution in [3.8, 4) is 11.6 Å². The third kappa shape index (κ3) is 4.80. The zero-order valence-corrected chi connectivity index (χ0v) is 19.6. The maximum atomic E-state index is 12.7. The zero-order valence-electron chi connectivity index (χ0n) is 18.8. The van der Waals surface area contributed by atoms with Crippen LogP contribution >= 0.6 is 11.6 Å². The first kappa shape index (κ1) is 24.1. The fourth-order valence-electron chi connectivity index (χ4n) is 3.85. The van der Waals surface area contributed by atoms with E-state index < -0.39 is 17.9 Å². The first-order valence-electron chi connectivity index (χ1n) is 10.4. The largest absolute Gasteiger partial charge is 0.493 e. The van der Waals surface area contributed by atoms with Gasteiger partial charge in [0.15, 0.2) is 0 Å². The summed E-state index contributed by atoms with van der Waals surface area (Å²) in [7, 11) is 1.60. The molecule has 0 radical (unpaired) electrons. The Hall–Kier alpha value is -3.52.